The minimum atomic E-state index is -0.435. The van der Waals surface area contributed by atoms with Crippen molar-refractivity contribution in [2.24, 2.45) is 5.73 Å². The Bertz CT molecular complexity index is 235. The zero-order chi connectivity index (χ0) is 12.2. The summed E-state index contributed by atoms with van der Waals surface area (Å²) >= 11 is 0. The van der Waals surface area contributed by atoms with Crippen LogP contribution in [0.25, 0.3) is 0 Å². The van der Waals surface area contributed by atoms with E-state index in [0.717, 1.165) is 25.7 Å². The van der Waals surface area contributed by atoms with Gasteiger partial charge in [-0.05, 0) is 53.0 Å². The van der Waals surface area contributed by atoms with Gasteiger partial charge in [-0.2, -0.15) is 0 Å². The van der Waals surface area contributed by atoms with Gasteiger partial charge in [0.05, 0.1) is 6.10 Å². The van der Waals surface area contributed by atoms with Crippen molar-refractivity contribution in [3.05, 3.63) is 0 Å². The first-order valence-corrected chi connectivity index (χ1v) is 6.01. The fourth-order valence-electron chi connectivity index (χ4n) is 1.80. The largest absolute Gasteiger partial charge is 0.458 e. The molecule has 0 amide bonds. The molecule has 0 aliphatic carbocycles. The topological polar surface area (TPSA) is 61.5 Å². The summed E-state index contributed by atoms with van der Waals surface area (Å²) in [6.07, 6.45) is 3.40. The number of rotatable bonds is 4. The molecule has 16 heavy (non-hydrogen) atoms. The lowest BCUT2D eigenvalue weighted by Gasteiger charge is -2.22. The van der Waals surface area contributed by atoms with Gasteiger partial charge in [0.25, 0.3) is 0 Å². The molecule has 0 spiro atoms. The second kappa shape index (κ2) is 5.64. The molecule has 4 nitrogen and oxygen atoms in total. The summed E-state index contributed by atoms with van der Waals surface area (Å²) < 4.78 is 10.9. The van der Waals surface area contributed by atoms with Crippen molar-refractivity contribution in [1.29, 1.82) is 0 Å². The van der Waals surface area contributed by atoms with E-state index in [9.17, 15) is 4.79 Å². The van der Waals surface area contributed by atoms with E-state index < -0.39 is 5.60 Å². The molecule has 1 fully saturated rings. The first-order valence-electron chi connectivity index (χ1n) is 6.01. The van der Waals surface area contributed by atoms with Crippen LogP contribution in [0.2, 0.25) is 0 Å². The van der Waals surface area contributed by atoms with Crippen molar-refractivity contribution in [2.75, 3.05) is 6.54 Å². The van der Waals surface area contributed by atoms with Crippen molar-refractivity contribution < 1.29 is 14.3 Å². The minimum Gasteiger partial charge on any atom is -0.458 e. The van der Waals surface area contributed by atoms with Crippen molar-refractivity contribution in [3.8, 4) is 0 Å². The fraction of sp³-hybridized carbons (Fsp3) is 0.917. The Labute approximate surface area is 97.5 Å². The smallest absolute Gasteiger partial charge is 0.335 e. The van der Waals surface area contributed by atoms with E-state index in [4.69, 9.17) is 15.2 Å². The molecule has 0 aromatic heterocycles. The first kappa shape index (κ1) is 13.5. The highest BCUT2D eigenvalue weighted by Crippen LogP contribution is 2.25. The average Bonchev–Trinajstić information content (AvgIpc) is 2.60. The van der Waals surface area contributed by atoms with E-state index in [-0.39, 0.29) is 18.2 Å². The monoisotopic (exact) mass is 229 g/mol. The lowest BCUT2D eigenvalue weighted by atomic mass is 10.1. The molecule has 4 heteroatoms. The Morgan fingerprint density at radius 3 is 2.69 bits per heavy atom. The van der Waals surface area contributed by atoms with Crippen LogP contribution in [0, 0.1) is 0 Å². The molecule has 1 heterocycles. The van der Waals surface area contributed by atoms with Crippen LogP contribution in [0.3, 0.4) is 0 Å². The molecule has 1 aliphatic rings. The fourth-order valence-corrected chi connectivity index (χ4v) is 1.80. The van der Waals surface area contributed by atoms with Gasteiger partial charge in [-0.3, -0.25) is 0 Å². The van der Waals surface area contributed by atoms with Crippen LogP contribution in [-0.2, 0) is 14.3 Å². The summed E-state index contributed by atoms with van der Waals surface area (Å²) in [5.41, 5.74) is 5.00. The average molecular weight is 229 g/mol. The third-order valence-corrected chi connectivity index (χ3v) is 2.51. The molecule has 94 valence electrons. The maximum absolute atomic E-state index is 11.7. The zero-order valence-electron chi connectivity index (χ0n) is 10.5. The SMILES string of the molecule is CC(C)(C)OC(=O)C1CCC(CCCN)O1. The molecule has 0 aromatic carbocycles. The number of esters is 1. The molecule has 0 saturated carbocycles. The maximum atomic E-state index is 11.7. The van der Waals surface area contributed by atoms with Crippen LogP contribution in [0.1, 0.15) is 46.5 Å². The maximum Gasteiger partial charge on any atom is 0.335 e. The Balaban J connectivity index is 2.32. The van der Waals surface area contributed by atoms with Crippen LogP contribution in [0.4, 0.5) is 0 Å². The minimum absolute atomic E-state index is 0.182. The van der Waals surface area contributed by atoms with Gasteiger partial charge in [0.1, 0.15) is 5.60 Å². The third-order valence-electron chi connectivity index (χ3n) is 2.51. The Morgan fingerprint density at radius 2 is 2.12 bits per heavy atom. The molecular weight excluding hydrogens is 206 g/mol. The highest BCUT2D eigenvalue weighted by Gasteiger charge is 2.33. The van der Waals surface area contributed by atoms with Gasteiger partial charge in [0.15, 0.2) is 6.10 Å². The standard InChI is InChI=1S/C12H23NO3/c1-12(2,3)16-11(14)10-7-6-9(15-10)5-4-8-13/h9-10H,4-8,13H2,1-3H3. The third kappa shape index (κ3) is 4.49. The van der Waals surface area contributed by atoms with E-state index in [1.807, 2.05) is 20.8 Å². The Hall–Kier alpha value is -0.610. The normalized spacial score (nSPS) is 25.8. The zero-order valence-corrected chi connectivity index (χ0v) is 10.5. The predicted molar refractivity (Wildman–Crippen MR) is 62.0 cm³/mol. The molecule has 1 rings (SSSR count). The van der Waals surface area contributed by atoms with Crippen molar-refractivity contribution in [1.82, 2.24) is 0 Å². The predicted octanol–water partition coefficient (Wildman–Crippen LogP) is 1.61. The second-order valence-electron chi connectivity index (χ2n) is 5.29. The van der Waals surface area contributed by atoms with Crippen molar-refractivity contribution in [2.45, 2.75) is 64.3 Å². The second-order valence-corrected chi connectivity index (χ2v) is 5.29. The molecule has 1 saturated heterocycles. The van der Waals surface area contributed by atoms with Crippen LogP contribution < -0.4 is 5.73 Å². The van der Waals surface area contributed by atoms with Crippen LogP contribution >= 0.6 is 0 Å². The van der Waals surface area contributed by atoms with Gasteiger partial charge in [0, 0.05) is 0 Å². The lowest BCUT2D eigenvalue weighted by Crippen LogP contribution is -2.32. The van der Waals surface area contributed by atoms with Gasteiger partial charge < -0.3 is 15.2 Å². The molecule has 0 aromatic rings. The molecule has 1 aliphatic heterocycles. The van der Waals surface area contributed by atoms with Crippen LogP contribution in [0.15, 0.2) is 0 Å². The number of nitrogens with two attached hydrogens (primary N) is 1. The number of carbonyl (C=O) groups is 1. The van der Waals surface area contributed by atoms with E-state index in [1.54, 1.807) is 0 Å². The van der Waals surface area contributed by atoms with E-state index in [2.05, 4.69) is 0 Å². The first-order chi connectivity index (χ1) is 7.42. The lowest BCUT2D eigenvalue weighted by molar-refractivity contribution is -0.167. The summed E-state index contributed by atoms with van der Waals surface area (Å²) in [6.45, 7) is 6.28. The highest BCUT2D eigenvalue weighted by atomic mass is 16.6. The molecule has 2 N–H and O–H groups in total. The molecule has 0 bridgehead atoms. The summed E-state index contributed by atoms with van der Waals surface area (Å²) in [5.74, 6) is -0.234. The molecule has 2 atom stereocenters. The highest BCUT2D eigenvalue weighted by molar-refractivity contribution is 5.75. The summed E-state index contributed by atoms with van der Waals surface area (Å²) in [7, 11) is 0. The van der Waals surface area contributed by atoms with Gasteiger partial charge in [0.2, 0.25) is 0 Å². The summed E-state index contributed by atoms with van der Waals surface area (Å²) in [4.78, 5) is 11.7. The number of ether oxygens (including phenoxy) is 2. The van der Waals surface area contributed by atoms with Gasteiger partial charge in [-0.25, -0.2) is 4.79 Å². The van der Waals surface area contributed by atoms with Crippen LogP contribution in [0.5, 0.6) is 0 Å². The van der Waals surface area contributed by atoms with Gasteiger partial charge in [-0.1, -0.05) is 0 Å². The number of carbonyl (C=O) groups excluding carboxylic acids is 1. The summed E-state index contributed by atoms with van der Waals surface area (Å²) in [5, 5.41) is 0. The quantitative estimate of drug-likeness (QED) is 0.744. The van der Waals surface area contributed by atoms with E-state index >= 15 is 0 Å². The van der Waals surface area contributed by atoms with Crippen molar-refractivity contribution in [3.63, 3.8) is 0 Å². The van der Waals surface area contributed by atoms with E-state index in [1.165, 1.54) is 0 Å². The molecule has 2 unspecified atom stereocenters. The van der Waals surface area contributed by atoms with E-state index in [0.29, 0.717) is 6.54 Å². The van der Waals surface area contributed by atoms with Gasteiger partial charge in [-0.15, -0.1) is 0 Å². The Morgan fingerprint density at radius 1 is 1.44 bits per heavy atom. The van der Waals surface area contributed by atoms with Crippen LogP contribution in [-0.4, -0.2) is 30.3 Å². The summed E-state index contributed by atoms with van der Waals surface area (Å²) in [6, 6.07) is 0. The molecular formula is C12H23NO3. The number of hydrogen-bond acceptors (Lipinski definition) is 4. The number of hydrogen-bond donors (Lipinski definition) is 1. The molecule has 0 radical (unpaired) electrons. The van der Waals surface area contributed by atoms with Gasteiger partial charge >= 0.3 is 5.97 Å². The Kier molecular flexibility index (Phi) is 4.74. The van der Waals surface area contributed by atoms with Crippen molar-refractivity contribution >= 4 is 5.97 Å².